The highest BCUT2D eigenvalue weighted by Gasteiger charge is 2.30. The summed E-state index contributed by atoms with van der Waals surface area (Å²) in [5, 5.41) is 3.62. The van der Waals surface area contributed by atoms with E-state index in [2.05, 4.69) is 54.7 Å². The Labute approximate surface area is 119 Å². The monoisotopic (exact) mass is 271 g/mol. The largest absolute Gasteiger partial charge is 0.311 e. The van der Waals surface area contributed by atoms with E-state index in [0.29, 0.717) is 5.41 Å². The molecular formula is C17H21NS. The van der Waals surface area contributed by atoms with Crippen molar-refractivity contribution in [2.75, 3.05) is 6.54 Å². The molecule has 1 saturated carbocycles. The molecule has 0 spiro atoms. The lowest BCUT2D eigenvalue weighted by molar-refractivity contribution is 0.156. The van der Waals surface area contributed by atoms with Crippen LogP contribution in [0, 0.1) is 5.41 Å². The van der Waals surface area contributed by atoms with E-state index in [1.165, 1.54) is 34.6 Å². The van der Waals surface area contributed by atoms with Crippen LogP contribution in [0.1, 0.15) is 31.1 Å². The molecule has 100 valence electrons. The second-order valence-electron chi connectivity index (χ2n) is 5.90. The molecule has 3 rings (SSSR count). The fourth-order valence-electron chi connectivity index (χ4n) is 2.68. The van der Waals surface area contributed by atoms with Crippen molar-refractivity contribution < 1.29 is 0 Å². The third-order valence-corrected chi connectivity index (χ3v) is 5.27. The maximum absolute atomic E-state index is 3.62. The van der Waals surface area contributed by atoms with Gasteiger partial charge in [-0.05, 0) is 36.0 Å². The van der Waals surface area contributed by atoms with Crippen molar-refractivity contribution in [3.05, 3.63) is 47.3 Å². The van der Waals surface area contributed by atoms with Gasteiger partial charge in [-0.2, -0.15) is 0 Å². The van der Waals surface area contributed by atoms with Crippen molar-refractivity contribution in [1.82, 2.24) is 5.32 Å². The second kappa shape index (κ2) is 5.48. The van der Waals surface area contributed by atoms with Crippen LogP contribution in [0.5, 0.6) is 0 Å². The van der Waals surface area contributed by atoms with E-state index >= 15 is 0 Å². The molecule has 0 saturated heterocycles. The molecule has 1 fully saturated rings. The van der Waals surface area contributed by atoms with Crippen LogP contribution in [0.25, 0.3) is 10.4 Å². The zero-order valence-corrected chi connectivity index (χ0v) is 12.3. The fraction of sp³-hybridized carbons (Fsp3) is 0.412. The van der Waals surface area contributed by atoms with Crippen LogP contribution < -0.4 is 5.32 Å². The Morgan fingerprint density at radius 1 is 1.11 bits per heavy atom. The maximum atomic E-state index is 3.62. The molecule has 0 amide bonds. The van der Waals surface area contributed by atoms with Gasteiger partial charge in [0.05, 0.1) is 0 Å². The number of rotatable bonds is 5. The van der Waals surface area contributed by atoms with Crippen LogP contribution >= 0.6 is 11.3 Å². The minimum Gasteiger partial charge on any atom is -0.311 e. The molecule has 1 heterocycles. The Morgan fingerprint density at radius 2 is 1.89 bits per heavy atom. The Kier molecular flexibility index (Phi) is 3.72. The van der Waals surface area contributed by atoms with Crippen molar-refractivity contribution >= 4 is 11.3 Å². The van der Waals surface area contributed by atoms with Gasteiger partial charge in [-0.25, -0.2) is 0 Å². The lowest BCUT2D eigenvalue weighted by atomic mass is 9.70. The van der Waals surface area contributed by atoms with E-state index in [-0.39, 0.29) is 0 Å². The molecule has 1 aliphatic carbocycles. The molecule has 1 aliphatic rings. The maximum Gasteiger partial charge on any atom is 0.0346 e. The predicted octanol–water partition coefficient (Wildman–Crippen LogP) is 4.69. The summed E-state index contributed by atoms with van der Waals surface area (Å²) in [4.78, 5) is 2.80. The van der Waals surface area contributed by atoms with Gasteiger partial charge < -0.3 is 5.32 Å². The summed E-state index contributed by atoms with van der Waals surface area (Å²) in [5.41, 5.74) is 1.89. The summed E-state index contributed by atoms with van der Waals surface area (Å²) in [6.07, 6.45) is 4.19. The summed E-state index contributed by atoms with van der Waals surface area (Å²) in [5.74, 6) is 0. The molecule has 0 radical (unpaired) electrons. The van der Waals surface area contributed by atoms with Gasteiger partial charge >= 0.3 is 0 Å². The highest BCUT2D eigenvalue weighted by Crippen LogP contribution is 2.39. The lowest BCUT2D eigenvalue weighted by Crippen LogP contribution is -2.36. The second-order valence-corrected chi connectivity index (χ2v) is 7.07. The lowest BCUT2D eigenvalue weighted by Gasteiger charge is -2.38. The van der Waals surface area contributed by atoms with Crippen molar-refractivity contribution in [3.8, 4) is 10.4 Å². The molecule has 1 nitrogen and oxygen atoms in total. The average Bonchev–Trinajstić information content (AvgIpc) is 2.87. The quantitative estimate of drug-likeness (QED) is 0.831. The van der Waals surface area contributed by atoms with Crippen LogP contribution in [-0.2, 0) is 6.54 Å². The van der Waals surface area contributed by atoms with Crippen LogP contribution in [0.2, 0.25) is 0 Å². The van der Waals surface area contributed by atoms with Crippen molar-refractivity contribution in [1.29, 1.82) is 0 Å². The molecular weight excluding hydrogens is 250 g/mol. The van der Waals surface area contributed by atoms with Crippen LogP contribution in [0.15, 0.2) is 42.5 Å². The fourth-order valence-corrected chi connectivity index (χ4v) is 3.66. The third kappa shape index (κ3) is 3.07. The standard InChI is InChI=1S/C17H21NS/c1-17(10-5-11-17)13-18-12-15-8-9-16(19-15)14-6-3-2-4-7-14/h2-4,6-9,18H,5,10-13H2,1H3. The first kappa shape index (κ1) is 12.9. The van der Waals surface area contributed by atoms with Crippen LogP contribution in [0.3, 0.4) is 0 Å². The van der Waals surface area contributed by atoms with Gasteiger partial charge in [0.25, 0.3) is 0 Å². The smallest absolute Gasteiger partial charge is 0.0346 e. The van der Waals surface area contributed by atoms with Gasteiger partial charge in [0.15, 0.2) is 0 Å². The third-order valence-electron chi connectivity index (χ3n) is 4.13. The summed E-state index contributed by atoms with van der Waals surface area (Å²) < 4.78 is 0. The summed E-state index contributed by atoms with van der Waals surface area (Å²) in [6, 6.07) is 15.1. The molecule has 0 aliphatic heterocycles. The van der Waals surface area contributed by atoms with Gasteiger partial charge in [-0.3, -0.25) is 0 Å². The molecule has 2 aromatic rings. The van der Waals surface area contributed by atoms with Gasteiger partial charge in [0.2, 0.25) is 0 Å². The number of nitrogens with one attached hydrogen (secondary N) is 1. The SMILES string of the molecule is CC1(CNCc2ccc(-c3ccccc3)s2)CCC1. The molecule has 1 aromatic heterocycles. The summed E-state index contributed by atoms with van der Waals surface area (Å²) in [6.45, 7) is 4.56. The first-order chi connectivity index (χ1) is 9.25. The number of thiophene rings is 1. The summed E-state index contributed by atoms with van der Waals surface area (Å²) >= 11 is 1.90. The number of hydrogen-bond acceptors (Lipinski definition) is 2. The molecule has 1 aromatic carbocycles. The minimum absolute atomic E-state index is 0.569. The Hall–Kier alpha value is -1.12. The topological polar surface area (TPSA) is 12.0 Å². The molecule has 1 N–H and O–H groups in total. The highest BCUT2D eigenvalue weighted by molar-refractivity contribution is 7.15. The molecule has 0 bridgehead atoms. The van der Waals surface area contributed by atoms with E-state index in [0.717, 1.165) is 13.1 Å². The van der Waals surface area contributed by atoms with Crippen molar-refractivity contribution in [2.24, 2.45) is 5.41 Å². The van der Waals surface area contributed by atoms with E-state index < -0.39 is 0 Å². The van der Waals surface area contributed by atoms with Gasteiger partial charge in [0.1, 0.15) is 0 Å². The first-order valence-electron chi connectivity index (χ1n) is 7.10. The normalized spacial score (nSPS) is 17.1. The molecule has 0 atom stereocenters. The number of hydrogen-bond donors (Lipinski definition) is 1. The molecule has 19 heavy (non-hydrogen) atoms. The predicted molar refractivity (Wildman–Crippen MR) is 83.4 cm³/mol. The van der Waals surface area contributed by atoms with E-state index in [1.807, 2.05) is 11.3 Å². The zero-order chi connectivity index (χ0) is 13.1. The van der Waals surface area contributed by atoms with Crippen LogP contribution in [0.4, 0.5) is 0 Å². The zero-order valence-electron chi connectivity index (χ0n) is 11.5. The Balaban J connectivity index is 1.56. The first-order valence-corrected chi connectivity index (χ1v) is 7.92. The highest BCUT2D eigenvalue weighted by atomic mass is 32.1. The van der Waals surface area contributed by atoms with Gasteiger partial charge in [-0.15, -0.1) is 11.3 Å². The number of benzene rings is 1. The molecule has 2 heteroatoms. The van der Waals surface area contributed by atoms with Gasteiger partial charge in [0, 0.05) is 22.8 Å². The van der Waals surface area contributed by atoms with Crippen LogP contribution in [-0.4, -0.2) is 6.54 Å². The van der Waals surface area contributed by atoms with E-state index in [4.69, 9.17) is 0 Å². The van der Waals surface area contributed by atoms with Gasteiger partial charge in [-0.1, -0.05) is 43.7 Å². The van der Waals surface area contributed by atoms with Crippen molar-refractivity contribution in [2.45, 2.75) is 32.7 Å². The van der Waals surface area contributed by atoms with Crippen molar-refractivity contribution in [3.63, 3.8) is 0 Å². The Morgan fingerprint density at radius 3 is 2.58 bits per heavy atom. The molecule has 0 unspecified atom stereocenters. The van der Waals surface area contributed by atoms with E-state index in [9.17, 15) is 0 Å². The van der Waals surface area contributed by atoms with E-state index in [1.54, 1.807) is 0 Å². The Bertz CT molecular complexity index is 525. The minimum atomic E-state index is 0.569. The average molecular weight is 271 g/mol. The summed E-state index contributed by atoms with van der Waals surface area (Å²) in [7, 11) is 0.